The van der Waals surface area contributed by atoms with Crippen molar-refractivity contribution in [3.63, 3.8) is 0 Å². The first-order valence-electron chi connectivity index (χ1n) is 9.98. The number of piperidine rings is 1. The van der Waals surface area contributed by atoms with E-state index in [4.69, 9.17) is 5.73 Å². The van der Waals surface area contributed by atoms with Gasteiger partial charge in [0.25, 0.3) is 5.91 Å². The number of nitrogens with two attached hydrogens (primary N) is 1. The van der Waals surface area contributed by atoms with E-state index in [2.05, 4.69) is 15.5 Å². The summed E-state index contributed by atoms with van der Waals surface area (Å²) in [7, 11) is 0. The van der Waals surface area contributed by atoms with Crippen LogP contribution < -0.4 is 16.4 Å². The maximum atomic E-state index is 12.3. The van der Waals surface area contributed by atoms with Gasteiger partial charge in [0.05, 0.1) is 17.5 Å². The molecule has 0 unspecified atom stereocenters. The van der Waals surface area contributed by atoms with Crippen molar-refractivity contribution >= 4 is 17.3 Å². The molecule has 1 heterocycles. The molecule has 150 valence electrons. The van der Waals surface area contributed by atoms with Gasteiger partial charge in [-0.1, -0.05) is 24.3 Å². The summed E-state index contributed by atoms with van der Waals surface area (Å²) in [5.74, 6) is -0.163. The predicted octanol–water partition coefficient (Wildman–Crippen LogP) is 2.46. The summed E-state index contributed by atoms with van der Waals surface area (Å²) in [5, 5.41) is 15.8. The summed E-state index contributed by atoms with van der Waals surface area (Å²) in [6.45, 7) is 4.81. The molecule has 0 atom stereocenters. The molecule has 0 spiro atoms. The molecule has 1 amide bonds. The number of aliphatic hydroxyl groups excluding tert-OH is 1. The number of nitrogen functional groups attached to an aromatic ring is 1. The third-order valence-electron chi connectivity index (χ3n) is 5.14. The number of aliphatic hydroxyl groups is 1. The highest BCUT2D eigenvalue weighted by Crippen LogP contribution is 2.18. The van der Waals surface area contributed by atoms with Crippen LogP contribution in [0.5, 0.6) is 0 Å². The lowest BCUT2D eigenvalue weighted by Gasteiger charge is -2.29. The average Bonchev–Trinajstić information content (AvgIpc) is 2.71. The third-order valence-corrected chi connectivity index (χ3v) is 5.14. The Labute approximate surface area is 166 Å². The van der Waals surface area contributed by atoms with Gasteiger partial charge in [0.2, 0.25) is 0 Å². The van der Waals surface area contributed by atoms with Gasteiger partial charge >= 0.3 is 0 Å². The Balaban J connectivity index is 1.37. The Morgan fingerprint density at radius 3 is 2.54 bits per heavy atom. The molecule has 2 aromatic rings. The molecule has 3 rings (SSSR count). The lowest BCUT2D eigenvalue weighted by molar-refractivity contribution is 0.0821. The van der Waals surface area contributed by atoms with Crippen LogP contribution in [0, 0.1) is 0 Å². The highest BCUT2D eigenvalue weighted by molar-refractivity contribution is 6.05. The summed E-state index contributed by atoms with van der Waals surface area (Å²) in [5.41, 5.74) is 8.81. The number of carbonyl (C=O) groups excluding carboxylic acids is 1. The van der Waals surface area contributed by atoms with Gasteiger partial charge in [-0.2, -0.15) is 0 Å². The smallest absolute Gasteiger partial charge is 0.255 e. The highest BCUT2D eigenvalue weighted by atomic mass is 16.3. The van der Waals surface area contributed by atoms with Crippen LogP contribution in [-0.2, 0) is 6.54 Å². The Morgan fingerprint density at radius 1 is 1.11 bits per heavy atom. The number of amides is 1. The van der Waals surface area contributed by atoms with Crippen molar-refractivity contribution in [2.24, 2.45) is 0 Å². The second-order valence-corrected chi connectivity index (χ2v) is 7.34. The SMILES string of the molecule is Nc1ccccc1NC(=O)c1ccc(CNCCCN2CCC(O)CC2)cc1. The lowest BCUT2D eigenvalue weighted by Crippen LogP contribution is -2.37. The second kappa shape index (κ2) is 10.2. The van der Waals surface area contributed by atoms with E-state index >= 15 is 0 Å². The van der Waals surface area contributed by atoms with Crippen molar-refractivity contribution in [1.82, 2.24) is 10.2 Å². The Bertz CT molecular complexity index is 755. The zero-order valence-electron chi connectivity index (χ0n) is 16.2. The number of hydrogen-bond donors (Lipinski definition) is 4. The maximum absolute atomic E-state index is 12.3. The van der Waals surface area contributed by atoms with Crippen molar-refractivity contribution in [2.75, 3.05) is 37.2 Å². The fourth-order valence-corrected chi connectivity index (χ4v) is 3.38. The number of nitrogens with zero attached hydrogens (tertiary/aromatic N) is 1. The van der Waals surface area contributed by atoms with Crippen LogP contribution in [0.25, 0.3) is 0 Å². The van der Waals surface area contributed by atoms with Crippen LogP contribution in [-0.4, -0.2) is 48.2 Å². The van der Waals surface area contributed by atoms with E-state index in [1.54, 1.807) is 12.1 Å². The van der Waals surface area contributed by atoms with Crippen molar-refractivity contribution in [3.05, 3.63) is 59.7 Å². The molecule has 6 nitrogen and oxygen atoms in total. The molecular formula is C22H30N4O2. The molecule has 1 aliphatic rings. The largest absolute Gasteiger partial charge is 0.397 e. The normalized spacial score (nSPS) is 15.5. The topological polar surface area (TPSA) is 90.6 Å². The van der Waals surface area contributed by atoms with E-state index in [9.17, 15) is 9.90 Å². The van der Waals surface area contributed by atoms with E-state index in [1.807, 2.05) is 36.4 Å². The third kappa shape index (κ3) is 6.05. The quantitative estimate of drug-likeness (QED) is 0.416. The standard InChI is InChI=1S/C22H30N4O2/c23-20-4-1-2-5-21(20)25-22(28)18-8-6-17(7-9-18)16-24-12-3-13-26-14-10-19(27)11-15-26/h1-2,4-9,19,24,27H,3,10-16,23H2,(H,25,28). The summed E-state index contributed by atoms with van der Waals surface area (Å²) in [6, 6.07) is 14.9. The number of nitrogens with one attached hydrogen (secondary N) is 2. The molecule has 1 fully saturated rings. The minimum Gasteiger partial charge on any atom is -0.397 e. The molecule has 6 heteroatoms. The maximum Gasteiger partial charge on any atom is 0.255 e. The average molecular weight is 383 g/mol. The van der Waals surface area contributed by atoms with E-state index in [1.165, 1.54) is 0 Å². The van der Waals surface area contributed by atoms with Crippen LogP contribution in [0.1, 0.15) is 35.2 Å². The first kappa shape index (κ1) is 20.3. The van der Waals surface area contributed by atoms with Gasteiger partial charge in [-0.15, -0.1) is 0 Å². The molecule has 0 saturated carbocycles. The van der Waals surface area contributed by atoms with Crippen molar-refractivity contribution in [2.45, 2.75) is 31.9 Å². The van der Waals surface area contributed by atoms with Gasteiger partial charge in [0.1, 0.15) is 0 Å². The number of likely N-dealkylation sites (tertiary alicyclic amines) is 1. The van der Waals surface area contributed by atoms with Crippen LogP contribution in [0.4, 0.5) is 11.4 Å². The van der Waals surface area contributed by atoms with E-state index in [0.717, 1.165) is 57.5 Å². The minimum atomic E-state index is -0.163. The second-order valence-electron chi connectivity index (χ2n) is 7.34. The molecule has 0 radical (unpaired) electrons. The number of anilines is 2. The highest BCUT2D eigenvalue weighted by Gasteiger charge is 2.15. The summed E-state index contributed by atoms with van der Waals surface area (Å²) < 4.78 is 0. The fraction of sp³-hybridized carbons (Fsp3) is 0.409. The van der Waals surface area contributed by atoms with Crippen LogP contribution in [0.15, 0.2) is 48.5 Å². The number of rotatable bonds is 8. The van der Waals surface area contributed by atoms with E-state index in [-0.39, 0.29) is 12.0 Å². The van der Waals surface area contributed by atoms with Crippen molar-refractivity contribution in [3.8, 4) is 0 Å². The molecule has 0 aliphatic carbocycles. The van der Waals surface area contributed by atoms with Gasteiger partial charge in [0, 0.05) is 25.2 Å². The molecule has 2 aromatic carbocycles. The molecular weight excluding hydrogens is 352 g/mol. The van der Waals surface area contributed by atoms with Gasteiger partial charge in [0.15, 0.2) is 0 Å². The molecule has 28 heavy (non-hydrogen) atoms. The Kier molecular flexibility index (Phi) is 7.42. The monoisotopic (exact) mass is 382 g/mol. The number of benzene rings is 2. The predicted molar refractivity (Wildman–Crippen MR) is 113 cm³/mol. The molecule has 0 bridgehead atoms. The number of para-hydroxylation sites is 2. The Hall–Kier alpha value is -2.41. The van der Waals surface area contributed by atoms with Gasteiger partial charge in [-0.25, -0.2) is 0 Å². The van der Waals surface area contributed by atoms with Gasteiger partial charge in [-0.3, -0.25) is 4.79 Å². The summed E-state index contributed by atoms with van der Waals surface area (Å²) >= 11 is 0. The van der Waals surface area contributed by atoms with Gasteiger partial charge < -0.3 is 26.4 Å². The fourth-order valence-electron chi connectivity index (χ4n) is 3.38. The zero-order valence-corrected chi connectivity index (χ0v) is 16.2. The first-order valence-corrected chi connectivity index (χ1v) is 9.98. The van der Waals surface area contributed by atoms with Crippen LogP contribution in [0.3, 0.4) is 0 Å². The summed E-state index contributed by atoms with van der Waals surface area (Å²) in [6.07, 6.45) is 2.77. The van der Waals surface area contributed by atoms with Crippen molar-refractivity contribution < 1.29 is 9.90 Å². The van der Waals surface area contributed by atoms with Gasteiger partial charge in [-0.05, 0) is 62.2 Å². The molecule has 1 aliphatic heterocycles. The van der Waals surface area contributed by atoms with Crippen LogP contribution in [0.2, 0.25) is 0 Å². The molecule has 1 saturated heterocycles. The van der Waals surface area contributed by atoms with Crippen LogP contribution >= 0.6 is 0 Å². The first-order chi connectivity index (χ1) is 13.6. The lowest BCUT2D eigenvalue weighted by atomic mass is 10.1. The van der Waals surface area contributed by atoms with E-state index in [0.29, 0.717) is 16.9 Å². The zero-order chi connectivity index (χ0) is 19.8. The molecule has 5 N–H and O–H groups in total. The Morgan fingerprint density at radius 2 is 1.82 bits per heavy atom. The van der Waals surface area contributed by atoms with E-state index < -0.39 is 0 Å². The number of carbonyl (C=O) groups is 1. The molecule has 0 aromatic heterocycles. The summed E-state index contributed by atoms with van der Waals surface area (Å²) in [4.78, 5) is 14.8. The number of hydrogen-bond acceptors (Lipinski definition) is 5. The van der Waals surface area contributed by atoms with Crippen molar-refractivity contribution in [1.29, 1.82) is 0 Å². The minimum absolute atomic E-state index is 0.107.